The first-order valence-electron chi connectivity index (χ1n) is 5.46. The Morgan fingerprint density at radius 3 is 2.83 bits per heavy atom. The standard InChI is InChI=1S/C13H11N3O2/c1-18-11-5-6-12-14-15-13(16(12)8-11)9-3-2-4-10(17)7-9/h2-8,17H,1H3. The summed E-state index contributed by atoms with van der Waals surface area (Å²) >= 11 is 0. The van der Waals surface area contributed by atoms with Gasteiger partial charge >= 0.3 is 0 Å². The summed E-state index contributed by atoms with van der Waals surface area (Å²) in [6, 6.07) is 10.6. The Morgan fingerprint density at radius 1 is 1.17 bits per heavy atom. The third-order valence-electron chi connectivity index (χ3n) is 2.72. The number of aromatic nitrogens is 3. The van der Waals surface area contributed by atoms with Crippen LogP contribution in [0.25, 0.3) is 17.0 Å². The van der Waals surface area contributed by atoms with Crippen molar-refractivity contribution in [3.8, 4) is 22.9 Å². The molecule has 0 bridgehead atoms. The number of phenols is 1. The van der Waals surface area contributed by atoms with Gasteiger partial charge < -0.3 is 9.84 Å². The molecule has 18 heavy (non-hydrogen) atoms. The van der Waals surface area contributed by atoms with Gasteiger partial charge in [0.15, 0.2) is 11.5 Å². The summed E-state index contributed by atoms with van der Waals surface area (Å²) in [5.74, 6) is 1.59. The smallest absolute Gasteiger partial charge is 0.168 e. The maximum Gasteiger partial charge on any atom is 0.168 e. The zero-order valence-electron chi connectivity index (χ0n) is 9.74. The van der Waals surface area contributed by atoms with E-state index in [0.29, 0.717) is 5.82 Å². The third kappa shape index (κ3) is 1.66. The second-order valence-electron chi connectivity index (χ2n) is 3.87. The number of pyridine rings is 1. The number of rotatable bonds is 2. The van der Waals surface area contributed by atoms with Gasteiger partial charge in [-0.15, -0.1) is 10.2 Å². The predicted octanol–water partition coefficient (Wildman–Crippen LogP) is 2.11. The molecule has 0 aliphatic carbocycles. The summed E-state index contributed by atoms with van der Waals surface area (Å²) < 4.78 is 7.01. The van der Waals surface area contributed by atoms with E-state index >= 15 is 0 Å². The van der Waals surface area contributed by atoms with Gasteiger partial charge in [-0.1, -0.05) is 12.1 Å². The molecule has 0 atom stereocenters. The summed E-state index contributed by atoms with van der Waals surface area (Å²) in [5, 5.41) is 17.7. The quantitative estimate of drug-likeness (QED) is 0.746. The van der Waals surface area contributed by atoms with Crippen LogP contribution in [0, 0.1) is 0 Å². The molecule has 90 valence electrons. The average Bonchev–Trinajstić information content (AvgIpc) is 2.81. The van der Waals surface area contributed by atoms with Crippen molar-refractivity contribution in [1.82, 2.24) is 14.6 Å². The zero-order valence-corrected chi connectivity index (χ0v) is 9.74. The fourth-order valence-corrected chi connectivity index (χ4v) is 1.83. The lowest BCUT2D eigenvalue weighted by atomic mass is 10.2. The minimum absolute atomic E-state index is 0.201. The average molecular weight is 241 g/mol. The lowest BCUT2D eigenvalue weighted by Crippen LogP contribution is -1.91. The molecule has 2 heterocycles. The van der Waals surface area contributed by atoms with E-state index in [1.54, 1.807) is 25.3 Å². The molecule has 0 saturated carbocycles. The van der Waals surface area contributed by atoms with Gasteiger partial charge in [0, 0.05) is 5.56 Å². The Hall–Kier alpha value is -2.56. The summed E-state index contributed by atoms with van der Waals surface area (Å²) in [6.45, 7) is 0. The van der Waals surface area contributed by atoms with Crippen molar-refractivity contribution in [2.75, 3.05) is 7.11 Å². The van der Waals surface area contributed by atoms with E-state index in [1.807, 2.05) is 28.8 Å². The molecule has 0 aliphatic heterocycles. The summed E-state index contributed by atoms with van der Waals surface area (Å²) in [5.41, 5.74) is 1.53. The molecule has 0 radical (unpaired) electrons. The van der Waals surface area contributed by atoms with Crippen molar-refractivity contribution < 1.29 is 9.84 Å². The van der Waals surface area contributed by atoms with Gasteiger partial charge in [-0.25, -0.2) is 0 Å². The van der Waals surface area contributed by atoms with Crippen LogP contribution in [-0.2, 0) is 0 Å². The van der Waals surface area contributed by atoms with E-state index in [9.17, 15) is 5.11 Å². The molecular formula is C13H11N3O2. The van der Waals surface area contributed by atoms with Gasteiger partial charge in [-0.2, -0.15) is 0 Å². The van der Waals surface area contributed by atoms with E-state index in [-0.39, 0.29) is 5.75 Å². The molecular weight excluding hydrogens is 230 g/mol. The van der Waals surface area contributed by atoms with Gasteiger partial charge in [0.2, 0.25) is 0 Å². The fraction of sp³-hybridized carbons (Fsp3) is 0.0769. The maximum atomic E-state index is 9.50. The fourth-order valence-electron chi connectivity index (χ4n) is 1.83. The highest BCUT2D eigenvalue weighted by atomic mass is 16.5. The Kier molecular flexibility index (Phi) is 2.37. The number of fused-ring (bicyclic) bond motifs is 1. The second-order valence-corrected chi connectivity index (χ2v) is 3.87. The molecule has 3 rings (SSSR count). The molecule has 0 aliphatic rings. The molecule has 0 fully saturated rings. The highest BCUT2D eigenvalue weighted by Gasteiger charge is 2.09. The third-order valence-corrected chi connectivity index (χ3v) is 2.72. The Bertz CT molecular complexity index is 706. The van der Waals surface area contributed by atoms with Crippen LogP contribution in [-0.4, -0.2) is 26.8 Å². The zero-order chi connectivity index (χ0) is 12.5. The van der Waals surface area contributed by atoms with Crippen molar-refractivity contribution in [3.05, 3.63) is 42.6 Å². The van der Waals surface area contributed by atoms with Crippen LogP contribution in [0.1, 0.15) is 0 Å². The molecule has 3 aromatic rings. The number of phenolic OH excluding ortho intramolecular Hbond substituents is 1. The molecule has 1 aromatic carbocycles. The first kappa shape index (κ1) is 10.6. The number of hydrogen-bond donors (Lipinski definition) is 1. The number of hydrogen-bond acceptors (Lipinski definition) is 4. The van der Waals surface area contributed by atoms with Gasteiger partial charge in [-0.3, -0.25) is 4.40 Å². The van der Waals surface area contributed by atoms with Gasteiger partial charge in [0.25, 0.3) is 0 Å². The maximum absolute atomic E-state index is 9.50. The highest BCUT2D eigenvalue weighted by molar-refractivity contribution is 5.61. The highest BCUT2D eigenvalue weighted by Crippen LogP contribution is 2.23. The van der Waals surface area contributed by atoms with Crippen LogP contribution in [0.15, 0.2) is 42.6 Å². The van der Waals surface area contributed by atoms with Crippen LogP contribution in [0.5, 0.6) is 11.5 Å². The number of nitrogens with zero attached hydrogens (tertiary/aromatic N) is 3. The van der Waals surface area contributed by atoms with Crippen molar-refractivity contribution in [2.24, 2.45) is 0 Å². The molecule has 0 saturated heterocycles. The van der Waals surface area contributed by atoms with Crippen LogP contribution in [0.3, 0.4) is 0 Å². The molecule has 1 N–H and O–H groups in total. The summed E-state index contributed by atoms with van der Waals surface area (Å²) in [4.78, 5) is 0. The lowest BCUT2D eigenvalue weighted by Gasteiger charge is -2.03. The summed E-state index contributed by atoms with van der Waals surface area (Å²) in [7, 11) is 1.61. The van der Waals surface area contributed by atoms with E-state index in [2.05, 4.69) is 10.2 Å². The monoisotopic (exact) mass is 241 g/mol. The van der Waals surface area contributed by atoms with Crippen molar-refractivity contribution in [1.29, 1.82) is 0 Å². The molecule has 5 heteroatoms. The number of benzene rings is 1. The van der Waals surface area contributed by atoms with Gasteiger partial charge in [0.05, 0.1) is 13.3 Å². The van der Waals surface area contributed by atoms with E-state index in [4.69, 9.17) is 4.74 Å². The number of ether oxygens (including phenoxy) is 1. The summed E-state index contributed by atoms with van der Waals surface area (Å²) in [6.07, 6.45) is 1.81. The first-order valence-corrected chi connectivity index (χ1v) is 5.46. The first-order chi connectivity index (χ1) is 8.78. The minimum atomic E-state index is 0.201. The van der Waals surface area contributed by atoms with Crippen molar-refractivity contribution >= 4 is 5.65 Å². The SMILES string of the molecule is COc1ccc2nnc(-c3cccc(O)c3)n2c1. The van der Waals surface area contributed by atoms with E-state index in [0.717, 1.165) is 17.0 Å². The van der Waals surface area contributed by atoms with Crippen LogP contribution in [0.4, 0.5) is 0 Å². The number of aromatic hydroxyl groups is 1. The molecule has 0 amide bonds. The second kappa shape index (κ2) is 4.03. The number of methoxy groups -OCH3 is 1. The molecule has 0 spiro atoms. The normalized spacial score (nSPS) is 10.7. The Balaban J connectivity index is 2.22. The van der Waals surface area contributed by atoms with E-state index < -0.39 is 0 Å². The van der Waals surface area contributed by atoms with Crippen molar-refractivity contribution in [2.45, 2.75) is 0 Å². The Labute approximate surface area is 103 Å². The minimum Gasteiger partial charge on any atom is -0.508 e. The van der Waals surface area contributed by atoms with Crippen LogP contribution >= 0.6 is 0 Å². The van der Waals surface area contributed by atoms with Crippen molar-refractivity contribution in [3.63, 3.8) is 0 Å². The Morgan fingerprint density at radius 2 is 2.06 bits per heavy atom. The van der Waals surface area contributed by atoms with Crippen LogP contribution < -0.4 is 4.74 Å². The predicted molar refractivity (Wildman–Crippen MR) is 66.6 cm³/mol. The van der Waals surface area contributed by atoms with Gasteiger partial charge in [0.1, 0.15) is 11.5 Å². The van der Waals surface area contributed by atoms with Gasteiger partial charge in [-0.05, 0) is 24.3 Å². The lowest BCUT2D eigenvalue weighted by molar-refractivity contribution is 0.412. The van der Waals surface area contributed by atoms with E-state index in [1.165, 1.54) is 0 Å². The largest absolute Gasteiger partial charge is 0.508 e. The molecule has 2 aromatic heterocycles. The molecule has 0 unspecified atom stereocenters. The molecule has 5 nitrogen and oxygen atoms in total. The van der Waals surface area contributed by atoms with Crippen LogP contribution in [0.2, 0.25) is 0 Å². The topological polar surface area (TPSA) is 59.7 Å².